The van der Waals surface area contributed by atoms with E-state index in [2.05, 4.69) is 35.7 Å². The highest BCUT2D eigenvalue weighted by Crippen LogP contribution is 2.31. The Balaban J connectivity index is 2.53. The molecule has 0 aliphatic heterocycles. The fraction of sp³-hybridized carbons (Fsp3) is 0.400. The topological polar surface area (TPSA) is 39.1 Å². The van der Waals surface area contributed by atoms with E-state index >= 15 is 0 Å². The number of aryl methyl sites for hydroxylation is 3. The molecule has 1 aromatic heterocycles. The molecule has 0 amide bonds. The van der Waals surface area contributed by atoms with Crippen LogP contribution < -0.4 is 10.1 Å². The number of benzene rings is 1. The van der Waals surface area contributed by atoms with E-state index in [4.69, 9.17) is 4.74 Å². The van der Waals surface area contributed by atoms with Gasteiger partial charge in [-0.15, -0.1) is 0 Å². The SMILES string of the molecule is CNC(c1cc(C)ccc1OC)c1cn(C)nc1C. The Morgan fingerprint density at radius 3 is 2.53 bits per heavy atom. The Morgan fingerprint density at radius 1 is 1.26 bits per heavy atom. The third-order valence-corrected chi connectivity index (χ3v) is 3.35. The van der Waals surface area contributed by atoms with Gasteiger partial charge in [0.15, 0.2) is 0 Å². The fourth-order valence-electron chi connectivity index (χ4n) is 2.46. The van der Waals surface area contributed by atoms with Crippen molar-refractivity contribution in [3.63, 3.8) is 0 Å². The summed E-state index contributed by atoms with van der Waals surface area (Å²) < 4.78 is 7.33. The first kappa shape index (κ1) is 13.6. The van der Waals surface area contributed by atoms with Crippen LogP contribution in [0.2, 0.25) is 0 Å². The van der Waals surface area contributed by atoms with Crippen LogP contribution in [0.25, 0.3) is 0 Å². The van der Waals surface area contributed by atoms with Crippen molar-refractivity contribution in [3.8, 4) is 5.75 Å². The van der Waals surface area contributed by atoms with Gasteiger partial charge in [0.25, 0.3) is 0 Å². The minimum absolute atomic E-state index is 0.0866. The second-order valence-corrected chi connectivity index (χ2v) is 4.81. The van der Waals surface area contributed by atoms with Crippen molar-refractivity contribution in [2.45, 2.75) is 19.9 Å². The van der Waals surface area contributed by atoms with Gasteiger partial charge in [-0.2, -0.15) is 5.10 Å². The number of nitrogens with zero attached hydrogens (tertiary/aromatic N) is 2. The second-order valence-electron chi connectivity index (χ2n) is 4.81. The Hall–Kier alpha value is -1.81. The molecule has 1 aromatic carbocycles. The van der Waals surface area contributed by atoms with Gasteiger partial charge in [0.05, 0.1) is 18.8 Å². The van der Waals surface area contributed by atoms with Crippen LogP contribution in [0, 0.1) is 13.8 Å². The molecule has 0 saturated heterocycles. The number of aromatic nitrogens is 2. The Bertz CT molecular complexity index is 575. The molecule has 19 heavy (non-hydrogen) atoms. The van der Waals surface area contributed by atoms with Crippen molar-refractivity contribution in [1.82, 2.24) is 15.1 Å². The van der Waals surface area contributed by atoms with Crippen LogP contribution in [-0.4, -0.2) is 23.9 Å². The van der Waals surface area contributed by atoms with Crippen LogP contribution in [0.1, 0.15) is 28.4 Å². The lowest BCUT2D eigenvalue weighted by molar-refractivity contribution is 0.405. The summed E-state index contributed by atoms with van der Waals surface area (Å²) >= 11 is 0. The lowest BCUT2D eigenvalue weighted by Crippen LogP contribution is -2.19. The van der Waals surface area contributed by atoms with Crippen molar-refractivity contribution >= 4 is 0 Å². The van der Waals surface area contributed by atoms with Crippen LogP contribution in [0.15, 0.2) is 24.4 Å². The average Bonchev–Trinajstić information content (AvgIpc) is 2.70. The molecule has 0 saturated carbocycles. The molecule has 2 aromatic rings. The third-order valence-electron chi connectivity index (χ3n) is 3.35. The first-order valence-corrected chi connectivity index (χ1v) is 6.38. The Kier molecular flexibility index (Phi) is 3.90. The van der Waals surface area contributed by atoms with E-state index in [1.807, 2.05) is 31.8 Å². The van der Waals surface area contributed by atoms with Gasteiger partial charge >= 0.3 is 0 Å². The van der Waals surface area contributed by atoms with Crippen LogP contribution in [-0.2, 0) is 7.05 Å². The molecule has 0 bridgehead atoms. The van der Waals surface area contributed by atoms with E-state index in [0.29, 0.717) is 0 Å². The number of hydrogen-bond acceptors (Lipinski definition) is 3. The van der Waals surface area contributed by atoms with Gasteiger partial charge < -0.3 is 10.1 Å². The molecule has 0 radical (unpaired) electrons. The van der Waals surface area contributed by atoms with E-state index in [1.54, 1.807) is 7.11 Å². The van der Waals surface area contributed by atoms with Gasteiger partial charge in [-0.1, -0.05) is 17.7 Å². The smallest absolute Gasteiger partial charge is 0.124 e. The molecule has 0 spiro atoms. The summed E-state index contributed by atoms with van der Waals surface area (Å²) in [5.41, 5.74) is 4.57. The molecule has 0 aliphatic rings. The van der Waals surface area contributed by atoms with E-state index in [1.165, 1.54) is 11.1 Å². The molecular weight excluding hydrogens is 238 g/mol. The predicted octanol–water partition coefficient (Wildman–Crippen LogP) is 2.35. The summed E-state index contributed by atoms with van der Waals surface area (Å²) in [5.74, 6) is 0.896. The van der Waals surface area contributed by atoms with Gasteiger partial charge in [0, 0.05) is 24.4 Å². The first-order chi connectivity index (χ1) is 9.06. The van der Waals surface area contributed by atoms with Gasteiger partial charge in [0.1, 0.15) is 5.75 Å². The molecule has 0 aliphatic carbocycles. The van der Waals surface area contributed by atoms with Gasteiger partial charge in [0.2, 0.25) is 0 Å². The molecule has 1 unspecified atom stereocenters. The standard InChI is InChI=1S/C15H21N3O/c1-10-6-7-14(19-5)12(8-10)15(16-3)13-9-18(4)17-11(13)2/h6-9,15-16H,1-5H3. The number of rotatable bonds is 4. The highest BCUT2D eigenvalue weighted by Gasteiger charge is 2.20. The fourth-order valence-corrected chi connectivity index (χ4v) is 2.46. The molecule has 4 nitrogen and oxygen atoms in total. The molecule has 1 heterocycles. The number of hydrogen-bond donors (Lipinski definition) is 1. The summed E-state index contributed by atoms with van der Waals surface area (Å²) in [7, 11) is 5.60. The van der Waals surface area contributed by atoms with E-state index in [9.17, 15) is 0 Å². The highest BCUT2D eigenvalue weighted by molar-refractivity contribution is 5.44. The monoisotopic (exact) mass is 259 g/mol. The molecule has 1 N–H and O–H groups in total. The van der Waals surface area contributed by atoms with Crippen molar-refractivity contribution in [3.05, 3.63) is 46.8 Å². The summed E-state index contributed by atoms with van der Waals surface area (Å²) in [5, 5.41) is 7.78. The van der Waals surface area contributed by atoms with Crippen LogP contribution in [0.4, 0.5) is 0 Å². The Labute approximate surface area is 114 Å². The maximum Gasteiger partial charge on any atom is 0.124 e. The molecule has 1 atom stereocenters. The molecule has 0 fully saturated rings. The van der Waals surface area contributed by atoms with E-state index in [0.717, 1.165) is 17.0 Å². The lowest BCUT2D eigenvalue weighted by atomic mass is 9.97. The molecular formula is C15H21N3O. The summed E-state index contributed by atoms with van der Waals surface area (Å²) in [6, 6.07) is 6.32. The van der Waals surface area contributed by atoms with Crippen LogP contribution in [0.3, 0.4) is 0 Å². The maximum atomic E-state index is 5.48. The van der Waals surface area contributed by atoms with E-state index in [-0.39, 0.29) is 6.04 Å². The minimum Gasteiger partial charge on any atom is -0.496 e. The quantitative estimate of drug-likeness (QED) is 0.916. The van der Waals surface area contributed by atoms with E-state index < -0.39 is 0 Å². The summed E-state index contributed by atoms with van der Waals surface area (Å²) in [6.45, 7) is 4.12. The van der Waals surface area contributed by atoms with Crippen molar-refractivity contribution in [2.24, 2.45) is 7.05 Å². The second kappa shape index (κ2) is 5.45. The average molecular weight is 259 g/mol. The van der Waals surface area contributed by atoms with Crippen molar-refractivity contribution in [1.29, 1.82) is 0 Å². The Morgan fingerprint density at radius 2 is 2.00 bits per heavy atom. The molecule has 102 valence electrons. The summed E-state index contributed by atoms with van der Waals surface area (Å²) in [6.07, 6.45) is 2.05. The highest BCUT2D eigenvalue weighted by atomic mass is 16.5. The van der Waals surface area contributed by atoms with Gasteiger partial charge in [-0.25, -0.2) is 0 Å². The number of methoxy groups -OCH3 is 1. The largest absolute Gasteiger partial charge is 0.496 e. The maximum absolute atomic E-state index is 5.48. The predicted molar refractivity (Wildman–Crippen MR) is 76.6 cm³/mol. The molecule has 2 rings (SSSR count). The van der Waals surface area contributed by atoms with Crippen molar-refractivity contribution in [2.75, 3.05) is 14.2 Å². The zero-order valence-electron chi connectivity index (χ0n) is 12.2. The number of ether oxygens (including phenoxy) is 1. The first-order valence-electron chi connectivity index (χ1n) is 6.38. The minimum atomic E-state index is 0.0866. The summed E-state index contributed by atoms with van der Waals surface area (Å²) in [4.78, 5) is 0. The third kappa shape index (κ3) is 2.63. The van der Waals surface area contributed by atoms with Crippen molar-refractivity contribution < 1.29 is 4.74 Å². The zero-order valence-corrected chi connectivity index (χ0v) is 12.2. The number of nitrogens with one attached hydrogen (secondary N) is 1. The van der Waals surface area contributed by atoms with Crippen LogP contribution in [0.5, 0.6) is 5.75 Å². The zero-order chi connectivity index (χ0) is 14.0. The van der Waals surface area contributed by atoms with Gasteiger partial charge in [-0.3, -0.25) is 4.68 Å². The molecule has 4 heteroatoms. The van der Waals surface area contributed by atoms with Gasteiger partial charge in [-0.05, 0) is 27.0 Å². The lowest BCUT2D eigenvalue weighted by Gasteiger charge is -2.19. The van der Waals surface area contributed by atoms with Crippen LogP contribution >= 0.6 is 0 Å². The normalized spacial score (nSPS) is 12.5.